The van der Waals surface area contributed by atoms with Gasteiger partial charge in [0.05, 0.1) is 21.2 Å². The predicted molar refractivity (Wildman–Crippen MR) is 146 cm³/mol. The normalized spacial score (nSPS) is 11.2. The molecule has 0 saturated heterocycles. The van der Waals surface area contributed by atoms with Gasteiger partial charge in [0.25, 0.3) is 11.4 Å². The van der Waals surface area contributed by atoms with Crippen LogP contribution in [0.2, 0.25) is 0 Å². The van der Waals surface area contributed by atoms with Crippen LogP contribution < -0.4 is 0 Å². The second-order valence-corrected chi connectivity index (χ2v) is 9.20. The SMILES string of the molecule is O=[N+]([O-])c1ccc(O)c(CN(CCN(Cc2ccccn2)Cc2cc([N+](=O)[O-])ccc2O)Cc2ccccn2)c1. The number of benzene rings is 2. The summed E-state index contributed by atoms with van der Waals surface area (Å²) >= 11 is 0. The van der Waals surface area contributed by atoms with Gasteiger partial charge < -0.3 is 10.2 Å². The van der Waals surface area contributed by atoms with Crippen LogP contribution in [0.5, 0.6) is 11.5 Å². The maximum absolute atomic E-state index is 11.3. The van der Waals surface area contributed by atoms with E-state index < -0.39 is 9.85 Å². The Morgan fingerprint density at radius 2 is 1.05 bits per heavy atom. The van der Waals surface area contributed by atoms with Crippen LogP contribution in [0, 0.1) is 20.2 Å². The molecule has 0 unspecified atom stereocenters. The van der Waals surface area contributed by atoms with Crippen molar-refractivity contribution in [2.24, 2.45) is 0 Å². The van der Waals surface area contributed by atoms with Crippen LogP contribution in [-0.4, -0.2) is 52.9 Å². The van der Waals surface area contributed by atoms with Crippen LogP contribution in [0.3, 0.4) is 0 Å². The van der Waals surface area contributed by atoms with Crippen LogP contribution in [-0.2, 0) is 26.2 Å². The first-order chi connectivity index (χ1) is 19.3. The molecular weight excluding hydrogens is 516 g/mol. The molecule has 2 heterocycles. The van der Waals surface area contributed by atoms with Gasteiger partial charge in [-0.2, -0.15) is 0 Å². The van der Waals surface area contributed by atoms with E-state index in [0.29, 0.717) is 37.3 Å². The van der Waals surface area contributed by atoms with Gasteiger partial charge in [0, 0.05) is 87.1 Å². The molecule has 0 amide bonds. The minimum Gasteiger partial charge on any atom is -0.508 e. The summed E-state index contributed by atoms with van der Waals surface area (Å²) in [6.45, 7) is 2.13. The van der Waals surface area contributed by atoms with Crippen molar-refractivity contribution < 1.29 is 20.1 Å². The van der Waals surface area contributed by atoms with Crippen molar-refractivity contribution in [3.63, 3.8) is 0 Å². The maximum atomic E-state index is 11.3. The molecule has 4 rings (SSSR count). The van der Waals surface area contributed by atoms with Crippen molar-refractivity contribution in [2.75, 3.05) is 13.1 Å². The molecule has 0 saturated carbocycles. The van der Waals surface area contributed by atoms with Crippen molar-refractivity contribution in [1.82, 2.24) is 19.8 Å². The molecule has 2 aromatic carbocycles. The molecule has 0 aliphatic carbocycles. The van der Waals surface area contributed by atoms with Gasteiger partial charge in [0.1, 0.15) is 11.5 Å². The van der Waals surface area contributed by atoms with Gasteiger partial charge in [-0.05, 0) is 36.4 Å². The number of rotatable bonds is 13. The number of hydrogen-bond acceptors (Lipinski definition) is 10. The predicted octanol–water partition coefficient (Wildman–Crippen LogP) is 4.41. The zero-order chi connectivity index (χ0) is 28.5. The highest BCUT2D eigenvalue weighted by Gasteiger charge is 2.19. The lowest BCUT2D eigenvalue weighted by molar-refractivity contribution is -0.385. The van der Waals surface area contributed by atoms with E-state index >= 15 is 0 Å². The maximum Gasteiger partial charge on any atom is 0.270 e. The summed E-state index contributed by atoms with van der Waals surface area (Å²) in [7, 11) is 0. The van der Waals surface area contributed by atoms with Crippen LogP contribution in [0.15, 0.2) is 85.2 Å². The van der Waals surface area contributed by atoms with Crippen LogP contribution in [0.4, 0.5) is 11.4 Å². The smallest absolute Gasteiger partial charge is 0.270 e. The third-order valence-corrected chi connectivity index (χ3v) is 6.29. The molecule has 0 atom stereocenters. The fourth-order valence-corrected chi connectivity index (χ4v) is 4.26. The summed E-state index contributed by atoms with van der Waals surface area (Å²) in [5, 5.41) is 43.5. The van der Waals surface area contributed by atoms with Crippen molar-refractivity contribution in [2.45, 2.75) is 26.2 Å². The number of pyridine rings is 2. The lowest BCUT2D eigenvalue weighted by Crippen LogP contribution is -2.34. The second-order valence-electron chi connectivity index (χ2n) is 9.20. The standard InChI is InChI=1S/C28H28N6O6/c35-27-9-7-25(33(37)38)15-21(27)17-31(19-23-5-1-3-11-29-23)13-14-32(20-24-6-2-4-12-30-24)18-22-16-26(34(39)40)8-10-28(22)36/h1-12,15-16,35-36H,13-14,17-20H2. The Morgan fingerprint density at radius 3 is 1.40 bits per heavy atom. The lowest BCUT2D eigenvalue weighted by Gasteiger charge is -2.28. The fraction of sp³-hybridized carbons (Fsp3) is 0.214. The Morgan fingerprint density at radius 1 is 0.625 bits per heavy atom. The Balaban J connectivity index is 1.59. The molecular formula is C28H28N6O6. The van der Waals surface area contributed by atoms with E-state index in [4.69, 9.17) is 0 Å². The van der Waals surface area contributed by atoms with E-state index in [0.717, 1.165) is 11.4 Å². The van der Waals surface area contributed by atoms with Gasteiger partial charge >= 0.3 is 0 Å². The van der Waals surface area contributed by atoms with E-state index in [9.17, 15) is 30.4 Å². The molecule has 0 aliphatic heterocycles. The van der Waals surface area contributed by atoms with E-state index in [1.807, 2.05) is 34.1 Å². The van der Waals surface area contributed by atoms with Gasteiger partial charge in [-0.25, -0.2) is 0 Å². The largest absolute Gasteiger partial charge is 0.508 e. The topological polar surface area (TPSA) is 159 Å². The van der Waals surface area contributed by atoms with Gasteiger partial charge in [-0.3, -0.25) is 40.0 Å². The van der Waals surface area contributed by atoms with Crippen LogP contribution in [0.25, 0.3) is 0 Å². The van der Waals surface area contributed by atoms with Gasteiger partial charge in [0.2, 0.25) is 0 Å². The van der Waals surface area contributed by atoms with E-state index in [2.05, 4.69) is 9.97 Å². The van der Waals surface area contributed by atoms with Crippen molar-refractivity contribution in [3.05, 3.63) is 128 Å². The second kappa shape index (κ2) is 13.2. The minimum atomic E-state index is -0.508. The first kappa shape index (κ1) is 28.1. The van der Waals surface area contributed by atoms with E-state index in [-0.39, 0.29) is 36.0 Å². The summed E-state index contributed by atoms with van der Waals surface area (Å²) < 4.78 is 0. The number of nitro groups is 2. The number of phenolic OH excluding ortho intramolecular Hbond substituents is 2. The average Bonchev–Trinajstić information content (AvgIpc) is 2.94. The number of aromatic nitrogens is 2. The zero-order valence-corrected chi connectivity index (χ0v) is 21.5. The summed E-state index contributed by atoms with van der Waals surface area (Å²) in [6, 6.07) is 18.9. The number of non-ortho nitro benzene ring substituents is 2. The number of nitrogens with zero attached hydrogens (tertiary/aromatic N) is 6. The molecule has 0 bridgehead atoms. The van der Waals surface area contributed by atoms with E-state index in [1.54, 1.807) is 24.5 Å². The quantitative estimate of drug-likeness (QED) is 0.182. The van der Waals surface area contributed by atoms with Crippen LogP contribution >= 0.6 is 0 Å². The average molecular weight is 545 g/mol. The zero-order valence-electron chi connectivity index (χ0n) is 21.5. The Kier molecular flexibility index (Phi) is 9.28. The Labute approximate surface area is 230 Å². The molecule has 0 fully saturated rings. The lowest BCUT2D eigenvalue weighted by atomic mass is 10.1. The number of phenols is 2. The highest BCUT2D eigenvalue weighted by Crippen LogP contribution is 2.26. The Bertz CT molecular complexity index is 1340. The Hall–Kier alpha value is -4.94. The third kappa shape index (κ3) is 7.79. The van der Waals surface area contributed by atoms with Crippen molar-refractivity contribution >= 4 is 11.4 Å². The van der Waals surface area contributed by atoms with Gasteiger partial charge in [0.15, 0.2) is 0 Å². The molecule has 4 aromatic rings. The molecule has 2 N–H and O–H groups in total. The molecule has 206 valence electrons. The van der Waals surface area contributed by atoms with E-state index in [1.165, 1.54) is 36.4 Å². The summed E-state index contributed by atoms with van der Waals surface area (Å²) in [6.07, 6.45) is 3.35. The molecule has 0 spiro atoms. The summed E-state index contributed by atoms with van der Waals surface area (Å²) in [4.78, 5) is 34.4. The van der Waals surface area contributed by atoms with Crippen LogP contribution in [0.1, 0.15) is 22.5 Å². The van der Waals surface area contributed by atoms with Crippen molar-refractivity contribution in [1.29, 1.82) is 0 Å². The first-order valence-electron chi connectivity index (χ1n) is 12.5. The number of nitro benzene ring substituents is 2. The highest BCUT2D eigenvalue weighted by molar-refractivity contribution is 5.44. The highest BCUT2D eigenvalue weighted by atomic mass is 16.6. The molecule has 12 heteroatoms. The number of aromatic hydroxyl groups is 2. The monoisotopic (exact) mass is 544 g/mol. The number of hydrogen-bond donors (Lipinski definition) is 2. The van der Waals surface area contributed by atoms with Gasteiger partial charge in [-0.1, -0.05) is 12.1 Å². The molecule has 2 aromatic heterocycles. The van der Waals surface area contributed by atoms with Gasteiger partial charge in [-0.15, -0.1) is 0 Å². The summed E-state index contributed by atoms with van der Waals surface area (Å²) in [5.41, 5.74) is 2.11. The first-order valence-corrected chi connectivity index (χ1v) is 12.5. The summed E-state index contributed by atoms with van der Waals surface area (Å²) in [5.74, 6) is -0.105. The molecule has 40 heavy (non-hydrogen) atoms. The molecule has 0 radical (unpaired) electrons. The molecule has 12 nitrogen and oxygen atoms in total. The van der Waals surface area contributed by atoms with Crippen molar-refractivity contribution in [3.8, 4) is 11.5 Å². The third-order valence-electron chi connectivity index (χ3n) is 6.29. The minimum absolute atomic E-state index is 0.0523. The fourth-order valence-electron chi connectivity index (χ4n) is 4.26. The molecule has 0 aliphatic rings.